The van der Waals surface area contributed by atoms with E-state index in [4.69, 9.17) is 4.84 Å². The van der Waals surface area contributed by atoms with Gasteiger partial charge in [-0.2, -0.15) is 0 Å². The Morgan fingerprint density at radius 1 is 0.667 bits per heavy atom. The molecule has 0 unspecified atom stereocenters. The first-order chi connectivity index (χ1) is 9.00. The van der Waals surface area contributed by atoms with Crippen LogP contribution in [0.1, 0.15) is 0 Å². The lowest BCUT2D eigenvalue weighted by Gasteiger charge is -1.91. The first-order valence-corrected chi connectivity index (χ1v) is 5.32. The van der Waals surface area contributed by atoms with E-state index in [1.165, 1.54) is 12.5 Å². The molecular formula is C13H14N4O. The molecule has 0 aliphatic carbocycles. The Hall–Kier alpha value is -2.69. The van der Waals surface area contributed by atoms with Gasteiger partial charge in [-0.25, -0.2) is 0 Å². The van der Waals surface area contributed by atoms with Crippen LogP contribution in [-0.2, 0) is 4.84 Å². The molecule has 92 valence electrons. The number of nitrogens with one attached hydrogen (secondary N) is 1. The van der Waals surface area contributed by atoms with Crippen LogP contribution in [-0.4, -0.2) is 6.21 Å². The minimum absolute atomic E-state index is 1.44. The highest BCUT2D eigenvalue weighted by Crippen LogP contribution is 1.85. The highest BCUT2D eigenvalue weighted by atomic mass is 16.7. The summed E-state index contributed by atoms with van der Waals surface area (Å²) < 4.78 is 0. The molecule has 0 saturated carbocycles. The third-order valence-corrected chi connectivity index (χ3v) is 1.60. The fourth-order valence-corrected chi connectivity index (χ4v) is 0.878. The summed E-state index contributed by atoms with van der Waals surface area (Å²) in [6.07, 6.45) is 23.4. The van der Waals surface area contributed by atoms with Crippen LogP contribution in [0.25, 0.3) is 0 Å². The largest absolute Gasteiger partial charge is 0.372 e. The van der Waals surface area contributed by atoms with Gasteiger partial charge in [0.05, 0.1) is 6.21 Å². The van der Waals surface area contributed by atoms with E-state index < -0.39 is 0 Å². The molecule has 1 rings (SSSR count). The summed E-state index contributed by atoms with van der Waals surface area (Å²) in [5.74, 6) is 0. The van der Waals surface area contributed by atoms with Gasteiger partial charge in [0, 0.05) is 0 Å². The second-order valence-corrected chi connectivity index (χ2v) is 2.92. The van der Waals surface area contributed by atoms with E-state index in [9.17, 15) is 0 Å². The molecule has 0 atom stereocenters. The molecule has 0 aromatic heterocycles. The number of hydrogen-bond donors (Lipinski definition) is 1. The van der Waals surface area contributed by atoms with Gasteiger partial charge >= 0.3 is 0 Å². The van der Waals surface area contributed by atoms with Crippen molar-refractivity contribution in [3.63, 3.8) is 0 Å². The summed E-state index contributed by atoms with van der Waals surface area (Å²) in [5, 5.41) is 10.5. The van der Waals surface area contributed by atoms with Gasteiger partial charge < -0.3 is 4.84 Å². The zero-order valence-corrected chi connectivity index (χ0v) is 9.76. The molecule has 1 heterocycles. The van der Waals surface area contributed by atoms with E-state index in [1.807, 2.05) is 54.7 Å². The quantitative estimate of drug-likeness (QED) is 0.709. The molecule has 0 amide bonds. The van der Waals surface area contributed by atoms with Crippen LogP contribution in [0.15, 0.2) is 88.6 Å². The standard InChI is InChI=1S/C13H14N4O/c1-2-4-6-8-10-12-14-15-16-17-18-13-11-9-7-5-3-1/h1-13H,(H,15,17)/b2-1-,5-3-,6-4-,9-7+,10-8-,13-11-,14-12-. The number of allylic oxidation sites excluding steroid dienone is 11. The maximum absolute atomic E-state index is 4.80. The summed E-state index contributed by atoms with van der Waals surface area (Å²) in [4.78, 5) is 4.80. The Morgan fingerprint density at radius 3 is 1.89 bits per heavy atom. The lowest BCUT2D eigenvalue weighted by molar-refractivity contribution is 0.130. The van der Waals surface area contributed by atoms with Gasteiger partial charge in [-0.05, 0) is 22.6 Å². The van der Waals surface area contributed by atoms with Crippen molar-refractivity contribution < 1.29 is 4.84 Å². The van der Waals surface area contributed by atoms with Crippen LogP contribution in [0.2, 0.25) is 0 Å². The molecule has 1 aliphatic heterocycles. The Balaban J connectivity index is 2.58. The van der Waals surface area contributed by atoms with Crippen molar-refractivity contribution in [3.8, 4) is 0 Å². The molecule has 0 radical (unpaired) electrons. The lowest BCUT2D eigenvalue weighted by atomic mass is 10.3. The molecule has 1 N–H and O–H groups in total. The van der Waals surface area contributed by atoms with Gasteiger partial charge in [0.1, 0.15) is 6.26 Å². The predicted molar refractivity (Wildman–Crippen MR) is 72.4 cm³/mol. The molecule has 5 nitrogen and oxygen atoms in total. The first kappa shape index (κ1) is 13.4. The van der Waals surface area contributed by atoms with Crippen LogP contribution in [0.4, 0.5) is 0 Å². The van der Waals surface area contributed by atoms with Crippen LogP contribution < -0.4 is 5.59 Å². The minimum atomic E-state index is 1.44. The normalized spacial score (nSPS) is 30.2. The molecule has 1 aliphatic rings. The second kappa shape index (κ2) is 10.8. The highest BCUT2D eigenvalue weighted by Gasteiger charge is 1.71. The van der Waals surface area contributed by atoms with Crippen LogP contribution >= 0.6 is 0 Å². The smallest absolute Gasteiger partial charge is 0.121 e. The molecule has 0 fully saturated rings. The molecule has 0 saturated heterocycles. The first-order valence-electron chi connectivity index (χ1n) is 5.32. The molecule has 18 heavy (non-hydrogen) atoms. The second-order valence-electron chi connectivity index (χ2n) is 2.92. The van der Waals surface area contributed by atoms with Crippen molar-refractivity contribution in [1.82, 2.24) is 5.59 Å². The predicted octanol–water partition coefficient (Wildman–Crippen LogP) is 3.17. The SMILES string of the molecule is C1=C\C=C/C=N\N=N/NO\C=C/C=C/C=C\C=C/1. The van der Waals surface area contributed by atoms with E-state index >= 15 is 0 Å². The lowest BCUT2D eigenvalue weighted by Crippen LogP contribution is -1.98. The summed E-state index contributed by atoms with van der Waals surface area (Å²) in [7, 11) is 0. The van der Waals surface area contributed by atoms with Gasteiger partial charge in [0.15, 0.2) is 0 Å². The van der Waals surface area contributed by atoms with Gasteiger partial charge in [-0.3, -0.25) is 0 Å². The average molecular weight is 242 g/mol. The van der Waals surface area contributed by atoms with Gasteiger partial charge in [0.25, 0.3) is 0 Å². The number of nitrogens with zero attached hydrogens (tertiary/aromatic N) is 3. The third kappa shape index (κ3) is 8.60. The fraction of sp³-hybridized carbons (Fsp3) is 0. The van der Waals surface area contributed by atoms with Gasteiger partial charge in [-0.1, -0.05) is 54.7 Å². The zero-order valence-electron chi connectivity index (χ0n) is 9.76. The van der Waals surface area contributed by atoms with Crippen LogP contribution in [0.3, 0.4) is 0 Å². The molecular weight excluding hydrogens is 228 g/mol. The maximum Gasteiger partial charge on any atom is 0.121 e. The van der Waals surface area contributed by atoms with E-state index in [-0.39, 0.29) is 0 Å². The van der Waals surface area contributed by atoms with E-state index in [2.05, 4.69) is 21.1 Å². The van der Waals surface area contributed by atoms with Crippen molar-refractivity contribution in [2.45, 2.75) is 0 Å². The Bertz CT molecular complexity index is 398. The highest BCUT2D eigenvalue weighted by molar-refractivity contribution is 5.71. The van der Waals surface area contributed by atoms with Crippen LogP contribution in [0.5, 0.6) is 0 Å². The van der Waals surface area contributed by atoms with Gasteiger partial charge in [0.2, 0.25) is 0 Å². The summed E-state index contributed by atoms with van der Waals surface area (Å²) in [6.45, 7) is 0. The number of rotatable bonds is 0. The average Bonchev–Trinajstić information content (AvgIpc) is 2.39. The maximum atomic E-state index is 4.80. The molecule has 0 spiro atoms. The zero-order chi connectivity index (χ0) is 12.7. The van der Waals surface area contributed by atoms with E-state index in [0.717, 1.165) is 0 Å². The third-order valence-electron chi connectivity index (χ3n) is 1.60. The van der Waals surface area contributed by atoms with Crippen molar-refractivity contribution >= 4 is 6.21 Å². The summed E-state index contributed by atoms with van der Waals surface area (Å²) >= 11 is 0. The molecule has 0 aromatic rings. The molecule has 0 bridgehead atoms. The Kier molecular flexibility index (Phi) is 8.04. The molecule has 0 aromatic carbocycles. The summed E-state index contributed by atoms with van der Waals surface area (Å²) in [5.41, 5.74) is 2.25. The summed E-state index contributed by atoms with van der Waals surface area (Å²) in [6, 6.07) is 0. The minimum Gasteiger partial charge on any atom is -0.372 e. The van der Waals surface area contributed by atoms with Crippen molar-refractivity contribution in [2.24, 2.45) is 15.5 Å². The van der Waals surface area contributed by atoms with Crippen LogP contribution in [0, 0.1) is 0 Å². The fourth-order valence-electron chi connectivity index (χ4n) is 0.878. The Morgan fingerprint density at radius 2 is 1.22 bits per heavy atom. The van der Waals surface area contributed by atoms with E-state index in [1.54, 1.807) is 12.2 Å². The van der Waals surface area contributed by atoms with E-state index in [0.29, 0.717) is 0 Å². The Labute approximate surface area is 106 Å². The van der Waals surface area contributed by atoms with Gasteiger partial charge in [-0.15, -0.1) is 10.7 Å². The molecule has 5 heteroatoms. The monoisotopic (exact) mass is 242 g/mol. The topological polar surface area (TPSA) is 58.3 Å². The van der Waals surface area contributed by atoms with Crippen molar-refractivity contribution in [2.75, 3.05) is 0 Å². The van der Waals surface area contributed by atoms with Crippen molar-refractivity contribution in [1.29, 1.82) is 0 Å². The number of hydrogen-bond acceptors (Lipinski definition) is 5. The van der Waals surface area contributed by atoms with Crippen molar-refractivity contribution in [3.05, 3.63) is 73.1 Å².